The van der Waals surface area contributed by atoms with E-state index in [-0.39, 0.29) is 5.78 Å². The van der Waals surface area contributed by atoms with Crippen molar-refractivity contribution in [1.82, 2.24) is 0 Å². The van der Waals surface area contributed by atoms with Gasteiger partial charge in [0.2, 0.25) is 0 Å². The Bertz CT molecular complexity index is 827. The first-order valence-corrected chi connectivity index (χ1v) is 11.4. The molecule has 3 atom stereocenters. The van der Waals surface area contributed by atoms with Crippen LogP contribution in [0.2, 0.25) is 0 Å². The molecule has 6 N–H and O–H groups in total. The van der Waals surface area contributed by atoms with Gasteiger partial charge in [0.1, 0.15) is 6.04 Å². The van der Waals surface area contributed by atoms with E-state index in [0.29, 0.717) is 45.1 Å². The van der Waals surface area contributed by atoms with Gasteiger partial charge in [0.05, 0.1) is 6.04 Å². The second-order valence-electron chi connectivity index (χ2n) is 8.43. The van der Waals surface area contributed by atoms with Crippen molar-refractivity contribution in [3.8, 4) is 0 Å². The van der Waals surface area contributed by atoms with E-state index in [0.717, 1.165) is 12.0 Å². The highest BCUT2D eigenvalue weighted by Gasteiger charge is 2.44. The number of nitrogens with two attached hydrogens (primary N) is 3. The number of Topliss-reactive ketones (excluding diaryl/α,β-unsaturated/α-hetero) is 1. The van der Waals surface area contributed by atoms with Crippen LogP contribution < -0.4 is 17.2 Å². The summed E-state index contributed by atoms with van der Waals surface area (Å²) in [4.78, 5) is 26.2. The summed E-state index contributed by atoms with van der Waals surface area (Å²) in [5, 5.41) is 0. The molecular formula is C26H37N3O3. The molecule has 2 aromatic carbocycles. The van der Waals surface area contributed by atoms with Gasteiger partial charge in [-0.2, -0.15) is 0 Å². The van der Waals surface area contributed by atoms with Crippen molar-refractivity contribution in [2.24, 2.45) is 17.2 Å². The molecule has 0 aliphatic heterocycles. The fourth-order valence-corrected chi connectivity index (χ4v) is 3.83. The second kappa shape index (κ2) is 13.1. The molecular weight excluding hydrogens is 402 g/mol. The first kappa shape index (κ1) is 25.7. The van der Waals surface area contributed by atoms with E-state index in [1.807, 2.05) is 48.5 Å². The largest absolute Gasteiger partial charge is 0.450 e. The maximum Gasteiger partial charge on any atom is 0.323 e. The first-order chi connectivity index (χ1) is 15.4. The molecule has 0 bridgehead atoms. The van der Waals surface area contributed by atoms with E-state index in [1.54, 1.807) is 6.92 Å². The van der Waals surface area contributed by atoms with Crippen molar-refractivity contribution in [3.05, 3.63) is 71.8 Å². The lowest BCUT2D eigenvalue weighted by Crippen LogP contribution is -2.53. The third-order valence-corrected chi connectivity index (χ3v) is 5.72. The predicted octanol–water partition coefficient (Wildman–Crippen LogP) is 2.91. The Hall–Kier alpha value is -2.54. The number of hydrogen-bond donors (Lipinski definition) is 3. The van der Waals surface area contributed by atoms with Crippen LogP contribution in [-0.4, -0.2) is 36.0 Å². The lowest BCUT2D eigenvalue weighted by Gasteiger charge is -2.35. The summed E-state index contributed by atoms with van der Waals surface area (Å²) in [5.41, 5.74) is 18.6. The molecule has 1 unspecified atom stereocenters. The average molecular weight is 440 g/mol. The van der Waals surface area contributed by atoms with E-state index in [9.17, 15) is 9.59 Å². The number of ketones is 1. The summed E-state index contributed by atoms with van der Waals surface area (Å²) in [6.45, 7) is 2.01. The van der Waals surface area contributed by atoms with E-state index in [2.05, 4.69) is 12.1 Å². The molecule has 0 saturated carbocycles. The molecule has 2 aromatic rings. The standard InChI is InChI=1S/C26H37N3O3/c1-20(28)25(31)32-26(24(30)23(29)15-9-19-27,18-16-22-12-6-3-7-13-22)17-8-14-21-10-4-2-5-11-21/h2-7,10-13,20,23H,8-9,14-19,27-29H2,1H3/t20-,23+,26?/m0/s1. The van der Waals surface area contributed by atoms with Gasteiger partial charge in [0.15, 0.2) is 11.4 Å². The molecule has 0 heterocycles. The van der Waals surface area contributed by atoms with Gasteiger partial charge in [-0.3, -0.25) is 9.59 Å². The molecule has 0 fully saturated rings. The van der Waals surface area contributed by atoms with Gasteiger partial charge in [0, 0.05) is 0 Å². The van der Waals surface area contributed by atoms with E-state index < -0.39 is 23.7 Å². The number of carbonyl (C=O) groups is 2. The van der Waals surface area contributed by atoms with Crippen molar-refractivity contribution >= 4 is 11.8 Å². The van der Waals surface area contributed by atoms with Crippen LogP contribution in [0.15, 0.2) is 60.7 Å². The Labute approximate surface area is 191 Å². The van der Waals surface area contributed by atoms with Gasteiger partial charge in [-0.15, -0.1) is 0 Å². The Morgan fingerprint density at radius 2 is 1.44 bits per heavy atom. The molecule has 0 aliphatic rings. The molecule has 2 rings (SSSR count). The van der Waals surface area contributed by atoms with Crippen molar-refractivity contribution in [3.63, 3.8) is 0 Å². The zero-order valence-electron chi connectivity index (χ0n) is 19.0. The third-order valence-electron chi connectivity index (χ3n) is 5.72. The van der Waals surface area contributed by atoms with E-state index in [4.69, 9.17) is 21.9 Å². The van der Waals surface area contributed by atoms with Crippen molar-refractivity contribution < 1.29 is 14.3 Å². The third kappa shape index (κ3) is 7.86. The smallest absolute Gasteiger partial charge is 0.323 e. The molecule has 0 spiro atoms. The molecule has 0 amide bonds. The average Bonchev–Trinajstić information content (AvgIpc) is 2.81. The molecule has 6 nitrogen and oxygen atoms in total. The lowest BCUT2D eigenvalue weighted by atomic mass is 9.81. The lowest BCUT2D eigenvalue weighted by molar-refractivity contribution is -0.171. The fourth-order valence-electron chi connectivity index (χ4n) is 3.83. The molecule has 0 aromatic heterocycles. The molecule has 174 valence electrons. The summed E-state index contributed by atoms with van der Waals surface area (Å²) in [6.07, 6.45) is 3.88. The summed E-state index contributed by atoms with van der Waals surface area (Å²) in [7, 11) is 0. The molecule has 0 radical (unpaired) electrons. The number of ether oxygens (including phenoxy) is 1. The van der Waals surface area contributed by atoms with Gasteiger partial charge in [-0.25, -0.2) is 0 Å². The molecule has 32 heavy (non-hydrogen) atoms. The van der Waals surface area contributed by atoms with E-state index in [1.165, 1.54) is 5.56 Å². The van der Waals surface area contributed by atoms with Crippen molar-refractivity contribution in [2.45, 2.75) is 69.6 Å². The minimum atomic E-state index is -1.32. The van der Waals surface area contributed by atoms with Crippen LogP contribution >= 0.6 is 0 Å². The van der Waals surface area contributed by atoms with Crippen LogP contribution in [0.4, 0.5) is 0 Å². The van der Waals surface area contributed by atoms with Gasteiger partial charge in [0.25, 0.3) is 0 Å². The summed E-state index contributed by atoms with van der Waals surface area (Å²) in [6, 6.07) is 18.3. The van der Waals surface area contributed by atoms with Crippen LogP contribution in [0, 0.1) is 0 Å². The number of benzene rings is 2. The fraction of sp³-hybridized carbons (Fsp3) is 0.462. The molecule has 6 heteroatoms. The topological polar surface area (TPSA) is 121 Å². The number of rotatable bonds is 14. The van der Waals surface area contributed by atoms with Gasteiger partial charge in [-0.1, -0.05) is 60.7 Å². The van der Waals surface area contributed by atoms with Crippen molar-refractivity contribution in [1.29, 1.82) is 0 Å². The Morgan fingerprint density at radius 1 is 0.875 bits per heavy atom. The second-order valence-corrected chi connectivity index (χ2v) is 8.43. The minimum absolute atomic E-state index is 0.246. The Kier molecular flexibility index (Phi) is 10.5. The van der Waals surface area contributed by atoms with Crippen LogP contribution in [0.3, 0.4) is 0 Å². The Balaban J connectivity index is 2.29. The summed E-state index contributed by atoms with van der Waals surface area (Å²) >= 11 is 0. The normalized spacial score (nSPS) is 14.9. The van der Waals surface area contributed by atoms with Crippen LogP contribution in [0.25, 0.3) is 0 Å². The highest BCUT2D eigenvalue weighted by Crippen LogP contribution is 2.30. The molecule has 0 aliphatic carbocycles. The maximum absolute atomic E-state index is 13.6. The summed E-state index contributed by atoms with van der Waals surface area (Å²) in [5.74, 6) is -0.832. The number of hydrogen-bond acceptors (Lipinski definition) is 6. The van der Waals surface area contributed by atoms with Gasteiger partial charge >= 0.3 is 5.97 Å². The minimum Gasteiger partial charge on any atom is -0.450 e. The summed E-state index contributed by atoms with van der Waals surface area (Å²) < 4.78 is 5.90. The predicted molar refractivity (Wildman–Crippen MR) is 128 cm³/mol. The first-order valence-electron chi connectivity index (χ1n) is 11.4. The number of esters is 1. The number of carbonyl (C=O) groups excluding carboxylic acids is 2. The SMILES string of the molecule is C[C@H](N)C(=O)OC(CCCc1ccccc1)(CCc1ccccc1)C(=O)[C@H](N)CCCN. The Morgan fingerprint density at radius 3 is 1.97 bits per heavy atom. The van der Waals surface area contributed by atoms with Gasteiger partial charge < -0.3 is 21.9 Å². The monoisotopic (exact) mass is 439 g/mol. The zero-order chi connectivity index (χ0) is 23.4. The van der Waals surface area contributed by atoms with Crippen LogP contribution in [0.1, 0.15) is 50.2 Å². The quantitative estimate of drug-likeness (QED) is 0.389. The van der Waals surface area contributed by atoms with E-state index >= 15 is 0 Å². The van der Waals surface area contributed by atoms with Gasteiger partial charge in [-0.05, 0) is 69.5 Å². The maximum atomic E-state index is 13.6. The zero-order valence-corrected chi connectivity index (χ0v) is 19.0. The molecule has 0 saturated heterocycles. The number of aryl methyl sites for hydroxylation is 2. The highest BCUT2D eigenvalue weighted by molar-refractivity contribution is 5.94. The van der Waals surface area contributed by atoms with Crippen molar-refractivity contribution in [2.75, 3.05) is 6.54 Å². The van der Waals surface area contributed by atoms with Crippen LogP contribution in [0.5, 0.6) is 0 Å². The van der Waals surface area contributed by atoms with Crippen LogP contribution in [-0.2, 0) is 27.2 Å². The highest BCUT2D eigenvalue weighted by atomic mass is 16.6.